The predicted molar refractivity (Wildman–Crippen MR) is 131 cm³/mol. The summed E-state index contributed by atoms with van der Waals surface area (Å²) in [6.45, 7) is 0. The first-order chi connectivity index (χ1) is 16.8. The highest BCUT2D eigenvalue weighted by Gasteiger charge is 2.30. The van der Waals surface area contributed by atoms with Gasteiger partial charge in [0.05, 0.1) is 11.1 Å². The summed E-state index contributed by atoms with van der Waals surface area (Å²) in [5.41, 5.74) is 1.73. The smallest absolute Gasteiger partial charge is 0.310 e. The minimum atomic E-state index is -0.543. The summed E-state index contributed by atoms with van der Waals surface area (Å²) in [4.78, 5) is 49.5. The lowest BCUT2D eigenvalue weighted by molar-refractivity contribution is -0.141. The molecule has 8 heteroatoms. The molecule has 35 heavy (non-hydrogen) atoms. The lowest BCUT2D eigenvalue weighted by Gasteiger charge is -2.10. The second-order valence-corrected chi connectivity index (χ2v) is 9.02. The third kappa shape index (κ3) is 5.72. The first kappa shape index (κ1) is 24.9. The number of hydrogen-bond acceptors (Lipinski definition) is 6. The molecule has 0 aliphatic heterocycles. The van der Waals surface area contributed by atoms with E-state index in [0.717, 1.165) is 0 Å². The third-order valence-corrected chi connectivity index (χ3v) is 6.46. The number of rotatable bonds is 8. The van der Waals surface area contributed by atoms with E-state index in [2.05, 4.69) is 0 Å². The van der Waals surface area contributed by atoms with Crippen LogP contribution in [0, 0.1) is 0 Å². The molecule has 0 radical (unpaired) electrons. The Labute approximate surface area is 212 Å². The van der Waals surface area contributed by atoms with Crippen LogP contribution in [0.15, 0.2) is 60.0 Å². The van der Waals surface area contributed by atoms with Crippen LogP contribution in [0.25, 0.3) is 11.1 Å². The number of allylic oxidation sites excluding steroid dienone is 4. The summed E-state index contributed by atoms with van der Waals surface area (Å²) in [7, 11) is 0. The van der Waals surface area contributed by atoms with Crippen LogP contribution in [0.4, 0.5) is 0 Å². The predicted octanol–water partition coefficient (Wildman–Crippen LogP) is 6.10. The number of ether oxygens (including phenoxy) is 2. The van der Waals surface area contributed by atoms with Crippen LogP contribution in [0.2, 0.25) is 10.0 Å². The van der Waals surface area contributed by atoms with Crippen molar-refractivity contribution in [2.75, 3.05) is 0 Å². The summed E-state index contributed by atoms with van der Waals surface area (Å²) >= 11 is 12.4. The standard InChI is InChI=1S/C27H22Cl2O6/c28-18-8-3-1-6-16(18)26-20(30)12-14-22(26)34-24(32)10-5-11-25(33)35-23-15-13-21(31)27(23)17-7-2-4-9-19(17)29/h1-4,6-9H,5,10-15H2. The second kappa shape index (κ2) is 11.0. The number of halogens is 2. The van der Waals surface area contributed by atoms with Crippen LogP contribution < -0.4 is 0 Å². The van der Waals surface area contributed by atoms with Gasteiger partial charge in [0.15, 0.2) is 11.6 Å². The quantitative estimate of drug-likeness (QED) is 0.397. The number of ketones is 2. The Morgan fingerprint density at radius 1 is 0.657 bits per heavy atom. The zero-order chi connectivity index (χ0) is 24.9. The second-order valence-electron chi connectivity index (χ2n) is 8.20. The van der Waals surface area contributed by atoms with Crippen molar-refractivity contribution in [1.82, 2.24) is 0 Å². The van der Waals surface area contributed by atoms with Gasteiger partial charge in [-0.3, -0.25) is 19.2 Å². The molecule has 2 aromatic carbocycles. The minimum Gasteiger partial charge on any atom is -0.430 e. The normalized spacial score (nSPS) is 15.7. The zero-order valence-electron chi connectivity index (χ0n) is 18.8. The first-order valence-electron chi connectivity index (χ1n) is 11.3. The van der Waals surface area contributed by atoms with E-state index in [-0.39, 0.29) is 43.7 Å². The first-order valence-corrected chi connectivity index (χ1v) is 12.0. The molecule has 4 rings (SSSR count). The number of carbonyl (C=O) groups excluding carboxylic acids is 4. The molecule has 0 N–H and O–H groups in total. The fraction of sp³-hybridized carbons (Fsp3) is 0.259. The van der Waals surface area contributed by atoms with Gasteiger partial charge in [0.2, 0.25) is 0 Å². The molecule has 0 aromatic heterocycles. The summed E-state index contributed by atoms with van der Waals surface area (Å²) in [5, 5.41) is 0.815. The molecule has 0 fully saturated rings. The van der Waals surface area contributed by atoms with Crippen LogP contribution in [-0.4, -0.2) is 23.5 Å². The molecule has 0 heterocycles. The van der Waals surface area contributed by atoms with E-state index in [1.54, 1.807) is 48.5 Å². The Balaban J connectivity index is 1.35. The molecule has 0 atom stereocenters. The average Bonchev–Trinajstić information content (AvgIpc) is 3.36. The number of carbonyl (C=O) groups is 4. The summed E-state index contributed by atoms with van der Waals surface area (Å²) in [6.07, 6.45) is 1.27. The number of Topliss-reactive ketones (excluding diaryl/α,β-unsaturated/α-hetero) is 2. The van der Waals surface area contributed by atoms with Gasteiger partial charge in [-0.15, -0.1) is 0 Å². The Kier molecular flexibility index (Phi) is 7.83. The SMILES string of the molecule is O=C(CCCC(=O)OC1=C(c2ccccc2Cl)C(=O)CC1)OC1=C(c2ccccc2Cl)C(=O)CC1. The number of hydrogen-bond donors (Lipinski definition) is 0. The molecule has 180 valence electrons. The largest absolute Gasteiger partial charge is 0.430 e. The van der Waals surface area contributed by atoms with Crippen LogP contribution in [0.5, 0.6) is 0 Å². The topological polar surface area (TPSA) is 86.7 Å². The van der Waals surface area contributed by atoms with Gasteiger partial charge in [-0.05, 0) is 18.6 Å². The highest BCUT2D eigenvalue weighted by molar-refractivity contribution is 6.36. The van der Waals surface area contributed by atoms with Gasteiger partial charge < -0.3 is 9.47 Å². The lowest BCUT2D eigenvalue weighted by Crippen LogP contribution is -2.09. The van der Waals surface area contributed by atoms with Gasteiger partial charge in [0.1, 0.15) is 11.5 Å². The molecule has 0 unspecified atom stereocenters. The van der Waals surface area contributed by atoms with E-state index in [1.165, 1.54) is 0 Å². The van der Waals surface area contributed by atoms with E-state index in [1.807, 2.05) is 0 Å². The van der Waals surface area contributed by atoms with Crippen molar-refractivity contribution in [1.29, 1.82) is 0 Å². The fourth-order valence-corrected chi connectivity index (χ4v) is 4.61. The zero-order valence-corrected chi connectivity index (χ0v) is 20.3. The van der Waals surface area contributed by atoms with Crippen molar-refractivity contribution >= 4 is 57.9 Å². The molecule has 6 nitrogen and oxygen atoms in total. The van der Waals surface area contributed by atoms with E-state index in [4.69, 9.17) is 32.7 Å². The highest BCUT2D eigenvalue weighted by Crippen LogP contribution is 2.36. The van der Waals surface area contributed by atoms with Crippen molar-refractivity contribution in [3.63, 3.8) is 0 Å². The van der Waals surface area contributed by atoms with E-state index < -0.39 is 11.9 Å². The van der Waals surface area contributed by atoms with Gasteiger partial charge in [0, 0.05) is 59.7 Å². The molecule has 0 bridgehead atoms. The summed E-state index contributed by atoms with van der Waals surface area (Å²) in [5.74, 6) is -0.737. The van der Waals surface area contributed by atoms with Gasteiger partial charge in [-0.2, -0.15) is 0 Å². The third-order valence-electron chi connectivity index (χ3n) is 5.80. The van der Waals surface area contributed by atoms with Crippen molar-refractivity contribution in [3.8, 4) is 0 Å². The molecule has 2 aliphatic carbocycles. The Hall–Kier alpha value is -3.22. The van der Waals surface area contributed by atoms with Crippen LogP contribution in [-0.2, 0) is 28.7 Å². The number of benzene rings is 2. The van der Waals surface area contributed by atoms with E-state index in [9.17, 15) is 19.2 Å². The molecule has 2 aliphatic rings. The summed E-state index contributed by atoms with van der Waals surface area (Å²) < 4.78 is 10.9. The number of esters is 2. The molecule has 0 amide bonds. The van der Waals surface area contributed by atoms with Gasteiger partial charge in [-0.25, -0.2) is 0 Å². The molecule has 0 saturated carbocycles. The molecule has 0 spiro atoms. The Morgan fingerprint density at radius 3 is 1.46 bits per heavy atom. The average molecular weight is 513 g/mol. The van der Waals surface area contributed by atoms with Crippen molar-refractivity contribution in [2.24, 2.45) is 0 Å². The van der Waals surface area contributed by atoms with E-state index >= 15 is 0 Å². The Morgan fingerprint density at radius 2 is 1.06 bits per heavy atom. The molecular weight excluding hydrogens is 491 g/mol. The van der Waals surface area contributed by atoms with Crippen molar-refractivity contribution in [3.05, 3.63) is 81.2 Å². The lowest BCUT2D eigenvalue weighted by atomic mass is 10.0. The monoisotopic (exact) mass is 512 g/mol. The molecule has 0 saturated heterocycles. The maximum absolute atomic E-state index is 12.4. The molecule has 2 aromatic rings. The van der Waals surface area contributed by atoms with E-state index in [0.29, 0.717) is 56.7 Å². The van der Waals surface area contributed by atoms with Crippen LogP contribution >= 0.6 is 23.2 Å². The Bertz CT molecular complexity index is 1180. The minimum absolute atomic E-state index is 0.0298. The summed E-state index contributed by atoms with van der Waals surface area (Å²) in [6, 6.07) is 13.8. The van der Waals surface area contributed by atoms with Crippen molar-refractivity contribution in [2.45, 2.75) is 44.9 Å². The van der Waals surface area contributed by atoms with Crippen LogP contribution in [0.3, 0.4) is 0 Å². The van der Waals surface area contributed by atoms with Crippen LogP contribution in [0.1, 0.15) is 56.1 Å². The maximum atomic E-state index is 12.4. The maximum Gasteiger partial charge on any atom is 0.310 e. The van der Waals surface area contributed by atoms with Gasteiger partial charge in [-0.1, -0.05) is 59.6 Å². The fourth-order valence-electron chi connectivity index (χ4n) is 4.15. The van der Waals surface area contributed by atoms with Crippen molar-refractivity contribution < 1.29 is 28.7 Å². The van der Waals surface area contributed by atoms with Gasteiger partial charge >= 0.3 is 11.9 Å². The highest BCUT2D eigenvalue weighted by atomic mass is 35.5. The molecular formula is C27H22Cl2O6. The van der Waals surface area contributed by atoms with Gasteiger partial charge in [0.25, 0.3) is 0 Å².